The number of hydrogen-bond acceptors (Lipinski definition) is 6. The van der Waals surface area contributed by atoms with Crippen LogP contribution in [0.15, 0.2) is 18.3 Å². The fraction of sp³-hybridized carbons (Fsp3) is 0.450. The van der Waals surface area contributed by atoms with Gasteiger partial charge >= 0.3 is 12.3 Å². The Morgan fingerprint density at radius 1 is 1.34 bits per heavy atom. The summed E-state index contributed by atoms with van der Waals surface area (Å²) in [6, 6.07) is 2.43. The summed E-state index contributed by atoms with van der Waals surface area (Å²) < 4.78 is 55.5. The molecule has 0 fully saturated rings. The Hall–Kier alpha value is -3.31. The Labute approximate surface area is 181 Å². The van der Waals surface area contributed by atoms with Crippen molar-refractivity contribution in [2.24, 2.45) is 0 Å². The van der Waals surface area contributed by atoms with E-state index in [1.54, 1.807) is 13.8 Å². The number of nitrogens with zero attached hydrogens (tertiary/aromatic N) is 4. The van der Waals surface area contributed by atoms with Crippen LogP contribution in [0.25, 0.3) is 0 Å². The van der Waals surface area contributed by atoms with Crippen molar-refractivity contribution in [1.29, 1.82) is 0 Å². The van der Waals surface area contributed by atoms with E-state index in [9.17, 15) is 27.2 Å². The molecule has 0 saturated heterocycles. The minimum absolute atomic E-state index is 0.120. The van der Waals surface area contributed by atoms with Gasteiger partial charge in [0.25, 0.3) is 11.8 Å². The molecule has 0 aromatic carbocycles. The van der Waals surface area contributed by atoms with Crippen LogP contribution in [-0.4, -0.2) is 57.4 Å². The average Bonchev–Trinajstić information content (AvgIpc) is 3.09. The van der Waals surface area contributed by atoms with Crippen molar-refractivity contribution in [3.8, 4) is 5.88 Å². The summed E-state index contributed by atoms with van der Waals surface area (Å²) in [5, 5.41) is 10.3. The number of fused-ring (bicyclic) bond motifs is 1. The number of hydrogen-bond donors (Lipinski definition) is 1. The van der Waals surface area contributed by atoms with Crippen LogP contribution < -0.4 is 10.1 Å². The van der Waals surface area contributed by atoms with E-state index in [1.165, 1.54) is 30.2 Å². The molecule has 32 heavy (non-hydrogen) atoms. The predicted molar refractivity (Wildman–Crippen MR) is 104 cm³/mol. The largest absolute Gasteiger partial charge is 0.470 e. The molecule has 0 spiro atoms. The minimum atomic E-state index is -4.32. The molecule has 2 aromatic heterocycles. The number of pyridine rings is 1. The fourth-order valence-electron chi connectivity index (χ4n) is 3.23. The maximum atomic E-state index is 13.1. The van der Waals surface area contributed by atoms with Crippen molar-refractivity contribution < 1.29 is 31.9 Å². The minimum Gasteiger partial charge on any atom is -0.470 e. The Bertz CT molecular complexity index is 1030. The Morgan fingerprint density at radius 2 is 2.06 bits per heavy atom. The van der Waals surface area contributed by atoms with E-state index in [0.29, 0.717) is 28.9 Å². The average molecular weight is 455 g/mol. The number of rotatable bonds is 8. The van der Waals surface area contributed by atoms with Gasteiger partial charge in [-0.25, -0.2) is 8.78 Å². The van der Waals surface area contributed by atoms with Crippen molar-refractivity contribution in [3.63, 3.8) is 0 Å². The third kappa shape index (κ3) is 4.48. The van der Waals surface area contributed by atoms with Crippen molar-refractivity contribution in [2.75, 3.05) is 13.2 Å². The third-order valence-electron chi connectivity index (χ3n) is 5.00. The zero-order valence-electron chi connectivity index (χ0n) is 17.5. The maximum Gasteiger partial charge on any atom is 0.340 e. The lowest BCUT2D eigenvalue weighted by molar-refractivity contribution is -0.148. The number of aromatic nitrogens is 3. The third-order valence-corrected chi connectivity index (χ3v) is 5.00. The first-order valence-corrected chi connectivity index (χ1v) is 9.76. The first-order valence-electron chi connectivity index (χ1n) is 9.76. The molecule has 2 aromatic rings. The summed E-state index contributed by atoms with van der Waals surface area (Å²) in [5.74, 6) is -5.33. The molecule has 2 amide bonds. The highest BCUT2D eigenvalue weighted by molar-refractivity contribution is 6.03. The van der Waals surface area contributed by atoms with Crippen LogP contribution in [0.2, 0.25) is 0 Å². The highest BCUT2D eigenvalue weighted by Gasteiger charge is 2.42. The summed E-state index contributed by atoms with van der Waals surface area (Å²) in [4.78, 5) is 30.8. The van der Waals surface area contributed by atoms with Gasteiger partial charge in [-0.15, -0.1) is 10.2 Å². The summed E-state index contributed by atoms with van der Waals surface area (Å²) in [5.41, 5.74) is 1.64. The molecule has 1 N–H and O–H groups in total. The van der Waals surface area contributed by atoms with Gasteiger partial charge in [0.15, 0.2) is 6.61 Å². The quantitative estimate of drug-likeness (QED) is 0.615. The zero-order chi connectivity index (χ0) is 23.6. The number of aryl methyl sites for hydroxylation is 1. The number of carbonyl (C=O) groups is 2. The van der Waals surface area contributed by atoms with E-state index >= 15 is 0 Å². The molecule has 0 radical (unpaired) electrons. The second-order valence-corrected chi connectivity index (χ2v) is 7.26. The van der Waals surface area contributed by atoms with Gasteiger partial charge in [0.1, 0.15) is 5.69 Å². The summed E-state index contributed by atoms with van der Waals surface area (Å²) in [7, 11) is 0. The van der Waals surface area contributed by atoms with E-state index in [0.717, 1.165) is 0 Å². The van der Waals surface area contributed by atoms with E-state index in [1.807, 2.05) is 0 Å². The van der Waals surface area contributed by atoms with E-state index < -0.39 is 25.0 Å². The van der Waals surface area contributed by atoms with E-state index in [-0.39, 0.29) is 29.9 Å². The van der Waals surface area contributed by atoms with Crippen molar-refractivity contribution in [2.45, 2.75) is 45.7 Å². The standard InChI is InChI=1S/C20H21F4N5O3/c1-4-25-16(30)15-13-8-29(18(31)12(13)5-6-26-15)11(3)14-7-10(2)17(28-27-14)32-9-20(23,24)19(21)22/h5-7,11,19H,4,8-9H2,1-3H3,(H,25,30). The lowest BCUT2D eigenvalue weighted by atomic mass is 10.1. The van der Waals surface area contributed by atoms with Crippen molar-refractivity contribution in [3.05, 3.63) is 46.4 Å². The van der Waals surface area contributed by atoms with Crippen LogP contribution in [0, 0.1) is 6.92 Å². The smallest absolute Gasteiger partial charge is 0.340 e. The lowest BCUT2D eigenvalue weighted by Crippen LogP contribution is -2.34. The van der Waals surface area contributed by atoms with Crippen LogP contribution in [-0.2, 0) is 6.54 Å². The molecule has 172 valence electrons. The first kappa shape index (κ1) is 23.4. The summed E-state index contributed by atoms with van der Waals surface area (Å²) >= 11 is 0. The molecule has 12 heteroatoms. The highest BCUT2D eigenvalue weighted by Crippen LogP contribution is 2.32. The second-order valence-electron chi connectivity index (χ2n) is 7.26. The van der Waals surface area contributed by atoms with Gasteiger partial charge < -0.3 is 15.0 Å². The first-order chi connectivity index (χ1) is 15.1. The van der Waals surface area contributed by atoms with Gasteiger partial charge in [0.2, 0.25) is 5.88 Å². The van der Waals surface area contributed by atoms with Crippen LogP contribution in [0.1, 0.15) is 57.6 Å². The van der Waals surface area contributed by atoms with Gasteiger partial charge in [0, 0.05) is 36.0 Å². The summed E-state index contributed by atoms with van der Waals surface area (Å²) in [6.45, 7) is 3.95. The molecule has 3 heterocycles. The fourth-order valence-corrected chi connectivity index (χ4v) is 3.23. The van der Waals surface area contributed by atoms with Crippen molar-refractivity contribution in [1.82, 2.24) is 25.4 Å². The van der Waals surface area contributed by atoms with Crippen LogP contribution in [0.4, 0.5) is 17.6 Å². The number of nitrogens with one attached hydrogen (secondary N) is 1. The molecule has 0 bridgehead atoms. The molecular weight excluding hydrogens is 434 g/mol. The van der Waals surface area contributed by atoms with Gasteiger partial charge in [-0.1, -0.05) is 0 Å². The molecular formula is C20H21F4N5O3. The van der Waals surface area contributed by atoms with E-state index in [4.69, 9.17) is 4.74 Å². The van der Waals surface area contributed by atoms with Crippen molar-refractivity contribution >= 4 is 11.8 Å². The Kier molecular flexibility index (Phi) is 6.60. The maximum absolute atomic E-state index is 13.1. The molecule has 1 atom stereocenters. The molecule has 0 saturated carbocycles. The van der Waals surface area contributed by atoms with Gasteiger partial charge in [-0.05, 0) is 32.9 Å². The Balaban J connectivity index is 1.78. The molecule has 1 aliphatic rings. The number of halogens is 4. The van der Waals surface area contributed by atoms with E-state index in [2.05, 4.69) is 20.5 Å². The number of carbonyl (C=O) groups excluding carboxylic acids is 2. The van der Waals surface area contributed by atoms with Gasteiger partial charge in [0.05, 0.1) is 11.7 Å². The lowest BCUT2D eigenvalue weighted by Gasteiger charge is -2.24. The van der Waals surface area contributed by atoms with Crippen LogP contribution >= 0.6 is 0 Å². The van der Waals surface area contributed by atoms with Crippen LogP contribution in [0.3, 0.4) is 0 Å². The second kappa shape index (κ2) is 9.05. The zero-order valence-corrected chi connectivity index (χ0v) is 17.5. The predicted octanol–water partition coefficient (Wildman–Crippen LogP) is 2.93. The number of ether oxygens (including phenoxy) is 1. The molecule has 0 aliphatic carbocycles. The topological polar surface area (TPSA) is 97.3 Å². The Morgan fingerprint density at radius 3 is 2.69 bits per heavy atom. The van der Waals surface area contributed by atoms with Gasteiger partial charge in [-0.2, -0.15) is 8.78 Å². The molecule has 3 rings (SSSR count). The SMILES string of the molecule is CCNC(=O)c1nccc2c1CN(C(C)c1cc(C)c(OCC(F)(F)C(F)F)nn1)C2=O. The monoisotopic (exact) mass is 455 g/mol. The van der Waals surface area contributed by atoms with Crippen LogP contribution in [0.5, 0.6) is 5.88 Å². The van der Waals surface area contributed by atoms with Gasteiger partial charge in [-0.3, -0.25) is 14.6 Å². The normalized spacial score (nSPS) is 14.5. The highest BCUT2D eigenvalue weighted by atomic mass is 19.3. The molecule has 1 aliphatic heterocycles. The molecule has 8 nitrogen and oxygen atoms in total. The number of amides is 2. The summed E-state index contributed by atoms with van der Waals surface area (Å²) in [6.07, 6.45) is -2.47. The molecule has 1 unspecified atom stereocenters. The number of alkyl halides is 4.